The van der Waals surface area contributed by atoms with Gasteiger partial charge >= 0.3 is 5.97 Å². The monoisotopic (exact) mass is 206 g/mol. The third kappa shape index (κ3) is 9.68. The number of hydrogen-bond donors (Lipinski definition) is 0. The maximum atomic E-state index is 10.4. The summed E-state index contributed by atoms with van der Waals surface area (Å²) in [5.74, 6) is -0.251. The average molecular weight is 207 g/mol. The van der Waals surface area contributed by atoms with Gasteiger partial charge in [-0.15, -0.1) is 11.6 Å². The molecule has 0 heterocycles. The van der Waals surface area contributed by atoms with E-state index in [4.69, 9.17) is 16.3 Å². The molecule has 0 aromatic rings. The van der Waals surface area contributed by atoms with Gasteiger partial charge in [0.2, 0.25) is 0 Å². The maximum Gasteiger partial charge on any atom is 0.302 e. The van der Waals surface area contributed by atoms with Gasteiger partial charge in [-0.25, -0.2) is 0 Å². The zero-order valence-corrected chi connectivity index (χ0v) is 9.27. The lowest BCUT2D eigenvalue weighted by Crippen LogP contribution is -2.11. The summed E-state index contributed by atoms with van der Waals surface area (Å²) < 4.78 is 4.79. The van der Waals surface area contributed by atoms with Crippen LogP contribution in [-0.2, 0) is 9.53 Å². The van der Waals surface area contributed by atoms with Crippen LogP contribution in [0.25, 0.3) is 0 Å². The second kappa shape index (κ2) is 8.36. The van der Waals surface area contributed by atoms with Gasteiger partial charge in [-0.2, -0.15) is 0 Å². The van der Waals surface area contributed by atoms with Crippen molar-refractivity contribution in [1.82, 2.24) is 0 Å². The Hall–Kier alpha value is -0.240. The molecule has 0 bridgehead atoms. The number of halogens is 1. The second-order valence-corrected chi connectivity index (χ2v) is 3.87. The molecular formula is C10H19ClO2. The lowest BCUT2D eigenvalue weighted by atomic mass is 10.1. The van der Waals surface area contributed by atoms with Gasteiger partial charge in [0.15, 0.2) is 0 Å². The van der Waals surface area contributed by atoms with Gasteiger partial charge < -0.3 is 4.74 Å². The summed E-state index contributed by atoms with van der Waals surface area (Å²) in [5.41, 5.74) is 0. The van der Waals surface area contributed by atoms with E-state index in [1.807, 2.05) is 0 Å². The molecule has 0 fully saturated rings. The van der Waals surface area contributed by atoms with Crippen LogP contribution in [0.15, 0.2) is 0 Å². The molecule has 0 radical (unpaired) electrons. The maximum absolute atomic E-state index is 10.4. The molecule has 0 aromatic heterocycles. The fraction of sp³-hybridized carbons (Fsp3) is 0.900. The Morgan fingerprint density at radius 3 is 2.62 bits per heavy atom. The number of hydrogen-bond acceptors (Lipinski definition) is 2. The van der Waals surface area contributed by atoms with Crippen molar-refractivity contribution in [3.63, 3.8) is 0 Å². The standard InChI is InChI=1S/C10H19ClO2/c1-3-4-5-6-7-10(11)8-13-9(2)12/h10H,3-8H2,1-2H3. The van der Waals surface area contributed by atoms with Crippen LogP contribution >= 0.6 is 11.6 Å². The Morgan fingerprint density at radius 2 is 2.08 bits per heavy atom. The number of alkyl halides is 1. The van der Waals surface area contributed by atoms with Gasteiger partial charge in [-0.05, 0) is 6.42 Å². The van der Waals surface area contributed by atoms with Crippen LogP contribution in [0.2, 0.25) is 0 Å². The summed E-state index contributed by atoms with van der Waals surface area (Å²) in [6, 6.07) is 0. The Labute approximate surface area is 85.6 Å². The normalized spacial score (nSPS) is 12.5. The fourth-order valence-electron chi connectivity index (χ4n) is 1.08. The van der Waals surface area contributed by atoms with E-state index in [2.05, 4.69) is 6.92 Å². The third-order valence-electron chi connectivity index (χ3n) is 1.84. The molecule has 0 saturated heterocycles. The molecule has 0 saturated carbocycles. The summed E-state index contributed by atoms with van der Waals surface area (Å²) in [4.78, 5) is 10.4. The SMILES string of the molecule is CCCCCCC(Cl)COC(C)=O. The molecule has 0 N–H and O–H groups in total. The van der Waals surface area contributed by atoms with Crippen molar-refractivity contribution in [3.8, 4) is 0 Å². The zero-order chi connectivity index (χ0) is 10.1. The van der Waals surface area contributed by atoms with E-state index in [-0.39, 0.29) is 11.3 Å². The van der Waals surface area contributed by atoms with Crippen molar-refractivity contribution in [3.05, 3.63) is 0 Å². The highest BCUT2D eigenvalue weighted by Gasteiger charge is 2.05. The van der Waals surface area contributed by atoms with Crippen LogP contribution in [0.5, 0.6) is 0 Å². The van der Waals surface area contributed by atoms with Gasteiger partial charge in [0.25, 0.3) is 0 Å². The summed E-state index contributed by atoms with van der Waals surface area (Å²) in [6.07, 6.45) is 5.78. The van der Waals surface area contributed by atoms with Crippen LogP contribution in [0.3, 0.4) is 0 Å². The molecule has 0 amide bonds. The van der Waals surface area contributed by atoms with Crippen molar-refractivity contribution < 1.29 is 9.53 Å². The molecule has 1 atom stereocenters. The van der Waals surface area contributed by atoms with Crippen molar-refractivity contribution in [2.24, 2.45) is 0 Å². The Balaban J connectivity index is 3.19. The molecule has 0 aliphatic rings. The van der Waals surface area contributed by atoms with Crippen LogP contribution in [0, 0.1) is 0 Å². The summed E-state index contributed by atoms with van der Waals surface area (Å²) in [7, 11) is 0. The fourth-order valence-corrected chi connectivity index (χ4v) is 1.30. The first-order chi connectivity index (χ1) is 6.16. The van der Waals surface area contributed by atoms with E-state index in [9.17, 15) is 4.79 Å². The number of ether oxygens (including phenoxy) is 1. The van der Waals surface area contributed by atoms with Crippen LogP contribution < -0.4 is 0 Å². The smallest absolute Gasteiger partial charge is 0.302 e. The zero-order valence-electron chi connectivity index (χ0n) is 8.51. The second-order valence-electron chi connectivity index (χ2n) is 3.25. The average Bonchev–Trinajstić information content (AvgIpc) is 2.09. The van der Waals surface area contributed by atoms with Crippen LogP contribution in [-0.4, -0.2) is 18.0 Å². The van der Waals surface area contributed by atoms with Gasteiger partial charge in [0.1, 0.15) is 6.61 Å². The summed E-state index contributed by atoms with van der Waals surface area (Å²) >= 11 is 5.93. The molecule has 0 rings (SSSR count). The highest BCUT2D eigenvalue weighted by atomic mass is 35.5. The number of esters is 1. The van der Waals surface area contributed by atoms with E-state index >= 15 is 0 Å². The van der Waals surface area contributed by atoms with E-state index < -0.39 is 0 Å². The highest BCUT2D eigenvalue weighted by molar-refractivity contribution is 6.20. The first-order valence-electron chi connectivity index (χ1n) is 4.94. The third-order valence-corrected chi connectivity index (χ3v) is 2.18. The van der Waals surface area contributed by atoms with E-state index in [1.54, 1.807) is 0 Å². The quantitative estimate of drug-likeness (QED) is 0.364. The largest absolute Gasteiger partial charge is 0.464 e. The molecule has 78 valence electrons. The molecule has 0 aliphatic carbocycles. The van der Waals surface area contributed by atoms with Gasteiger partial charge in [0.05, 0.1) is 5.38 Å². The van der Waals surface area contributed by atoms with Crippen LogP contribution in [0.4, 0.5) is 0 Å². The van der Waals surface area contributed by atoms with Gasteiger partial charge in [-0.1, -0.05) is 32.6 Å². The van der Waals surface area contributed by atoms with Crippen molar-refractivity contribution in [2.75, 3.05) is 6.61 Å². The van der Waals surface area contributed by atoms with Crippen LogP contribution in [0.1, 0.15) is 46.0 Å². The molecule has 0 aliphatic heterocycles. The lowest BCUT2D eigenvalue weighted by molar-refractivity contribution is -0.140. The first-order valence-corrected chi connectivity index (χ1v) is 5.38. The van der Waals surface area contributed by atoms with Crippen molar-refractivity contribution >= 4 is 17.6 Å². The Bertz CT molecular complexity index is 137. The number of unbranched alkanes of at least 4 members (excludes halogenated alkanes) is 3. The summed E-state index contributed by atoms with van der Waals surface area (Å²) in [5, 5.41) is -0.0132. The minimum Gasteiger partial charge on any atom is -0.464 e. The predicted molar refractivity (Wildman–Crippen MR) is 55.0 cm³/mol. The molecular weight excluding hydrogens is 188 g/mol. The van der Waals surface area contributed by atoms with Crippen molar-refractivity contribution in [2.45, 2.75) is 51.3 Å². The molecule has 3 heteroatoms. The van der Waals surface area contributed by atoms with E-state index in [0.717, 1.165) is 12.8 Å². The molecule has 0 aromatic carbocycles. The van der Waals surface area contributed by atoms with E-state index in [0.29, 0.717) is 6.61 Å². The molecule has 1 unspecified atom stereocenters. The molecule has 2 nitrogen and oxygen atoms in total. The van der Waals surface area contributed by atoms with Gasteiger partial charge in [-0.3, -0.25) is 4.79 Å². The minimum atomic E-state index is -0.251. The first kappa shape index (κ1) is 12.8. The topological polar surface area (TPSA) is 26.3 Å². The Kier molecular flexibility index (Phi) is 8.21. The van der Waals surface area contributed by atoms with Gasteiger partial charge in [0, 0.05) is 6.92 Å². The minimum absolute atomic E-state index is 0.0132. The number of carbonyl (C=O) groups is 1. The lowest BCUT2D eigenvalue weighted by Gasteiger charge is -2.08. The van der Waals surface area contributed by atoms with E-state index in [1.165, 1.54) is 26.2 Å². The highest BCUT2D eigenvalue weighted by Crippen LogP contribution is 2.10. The predicted octanol–water partition coefficient (Wildman–Crippen LogP) is 3.13. The molecule has 0 spiro atoms. The van der Waals surface area contributed by atoms with Crippen molar-refractivity contribution in [1.29, 1.82) is 0 Å². The summed E-state index contributed by atoms with van der Waals surface area (Å²) in [6.45, 7) is 3.93. The number of carbonyl (C=O) groups excluding carboxylic acids is 1. The molecule has 13 heavy (non-hydrogen) atoms. The Morgan fingerprint density at radius 1 is 1.38 bits per heavy atom. The number of rotatable bonds is 7.